The van der Waals surface area contributed by atoms with E-state index in [4.69, 9.17) is 9.47 Å². The van der Waals surface area contributed by atoms with Crippen molar-refractivity contribution in [1.29, 1.82) is 0 Å². The van der Waals surface area contributed by atoms with E-state index >= 15 is 0 Å². The molecule has 0 spiro atoms. The number of carbonyl (C=O) groups excluding carboxylic acids is 2. The van der Waals surface area contributed by atoms with Crippen molar-refractivity contribution < 1.29 is 19.1 Å². The van der Waals surface area contributed by atoms with Crippen molar-refractivity contribution in [3.63, 3.8) is 0 Å². The molecular weight excluding hydrogens is 426 g/mol. The lowest BCUT2D eigenvalue weighted by molar-refractivity contribution is -0.122. The first-order valence-electron chi connectivity index (χ1n) is 10.7. The van der Waals surface area contributed by atoms with Crippen molar-refractivity contribution in [3.8, 4) is 11.5 Å². The Labute approximate surface area is 191 Å². The molecule has 0 aliphatic carbocycles. The number of fused-ring (bicyclic) bond motifs is 1. The summed E-state index contributed by atoms with van der Waals surface area (Å²) in [5.41, 5.74) is 2.06. The number of nitrogens with zero attached hydrogens (tertiary/aromatic N) is 1. The van der Waals surface area contributed by atoms with Gasteiger partial charge in [-0.25, -0.2) is 4.79 Å². The van der Waals surface area contributed by atoms with Crippen LogP contribution in [0.4, 0.5) is 11.4 Å². The molecule has 176 valence electrons. The Morgan fingerprint density at radius 1 is 0.939 bits per heavy atom. The van der Waals surface area contributed by atoms with Gasteiger partial charge < -0.3 is 30.1 Å². The molecule has 0 saturated heterocycles. The highest BCUT2D eigenvalue weighted by Crippen LogP contribution is 2.30. The number of anilines is 2. The first kappa shape index (κ1) is 23.9. The largest absolute Gasteiger partial charge is 0.490 e. The third-order valence-electron chi connectivity index (χ3n) is 5.04. The molecule has 0 fully saturated rings. The zero-order valence-corrected chi connectivity index (χ0v) is 19.2. The van der Waals surface area contributed by atoms with E-state index in [1.165, 1.54) is 0 Å². The zero-order chi connectivity index (χ0) is 24.0. The van der Waals surface area contributed by atoms with Gasteiger partial charge in [-0.2, -0.15) is 0 Å². The van der Waals surface area contributed by atoms with E-state index in [2.05, 4.69) is 20.6 Å². The van der Waals surface area contributed by atoms with E-state index in [1.807, 2.05) is 13.8 Å². The molecule has 3 aromatic rings. The molecule has 1 heterocycles. The second kappa shape index (κ2) is 10.7. The molecule has 4 N–H and O–H groups in total. The molecular formula is C23H29N5O5. The third kappa shape index (κ3) is 6.13. The molecule has 1 unspecified atom stereocenters. The van der Waals surface area contributed by atoms with Crippen LogP contribution in [0.5, 0.6) is 11.5 Å². The van der Waals surface area contributed by atoms with Crippen LogP contribution in [0.25, 0.3) is 11.0 Å². The fourth-order valence-electron chi connectivity index (χ4n) is 3.25. The number of imidazole rings is 1. The van der Waals surface area contributed by atoms with Crippen LogP contribution in [0.2, 0.25) is 0 Å². The van der Waals surface area contributed by atoms with Crippen LogP contribution < -0.4 is 25.8 Å². The summed E-state index contributed by atoms with van der Waals surface area (Å²) < 4.78 is 11.1. The fraction of sp³-hybridized carbons (Fsp3) is 0.348. The minimum absolute atomic E-state index is 0.00985. The summed E-state index contributed by atoms with van der Waals surface area (Å²) in [7, 11) is 1.69. The number of amides is 2. The van der Waals surface area contributed by atoms with Crippen LogP contribution in [0.15, 0.2) is 41.2 Å². The molecule has 33 heavy (non-hydrogen) atoms. The van der Waals surface area contributed by atoms with Crippen LogP contribution in [0.3, 0.4) is 0 Å². The third-order valence-corrected chi connectivity index (χ3v) is 5.04. The normalized spacial score (nSPS) is 11.9. The maximum absolute atomic E-state index is 12.7. The highest BCUT2D eigenvalue weighted by Gasteiger charge is 2.21. The van der Waals surface area contributed by atoms with E-state index < -0.39 is 6.04 Å². The highest BCUT2D eigenvalue weighted by molar-refractivity contribution is 5.97. The summed E-state index contributed by atoms with van der Waals surface area (Å²) in [5.74, 6) is 0.623. The van der Waals surface area contributed by atoms with E-state index in [9.17, 15) is 14.4 Å². The number of carbonyl (C=O) groups is 2. The van der Waals surface area contributed by atoms with Gasteiger partial charge in [-0.15, -0.1) is 0 Å². The average Bonchev–Trinajstić information content (AvgIpc) is 3.14. The molecule has 2 amide bonds. The second-order valence-corrected chi connectivity index (χ2v) is 7.50. The SMILES string of the molecule is CCOc1ccc(NC(=O)CN(C)C(C)C(=O)Nc2ccc3[nH]c(=O)[nH]c3c2)cc1OCC. The summed E-state index contributed by atoms with van der Waals surface area (Å²) in [6.07, 6.45) is 0. The number of likely N-dealkylation sites (N-methyl/N-ethyl adjacent to an activating group) is 1. The number of rotatable bonds is 10. The summed E-state index contributed by atoms with van der Waals surface area (Å²) in [5, 5.41) is 5.63. The molecule has 0 aliphatic rings. The van der Waals surface area contributed by atoms with Gasteiger partial charge in [-0.1, -0.05) is 0 Å². The van der Waals surface area contributed by atoms with E-state index in [0.717, 1.165) is 0 Å². The number of ether oxygens (including phenoxy) is 2. The van der Waals surface area contributed by atoms with Crippen LogP contribution >= 0.6 is 0 Å². The van der Waals surface area contributed by atoms with Gasteiger partial charge in [0.25, 0.3) is 0 Å². The quantitative estimate of drug-likeness (QED) is 0.372. The molecule has 1 atom stereocenters. The van der Waals surface area contributed by atoms with Crippen LogP contribution in [0.1, 0.15) is 20.8 Å². The maximum atomic E-state index is 12.7. The highest BCUT2D eigenvalue weighted by atomic mass is 16.5. The predicted octanol–water partition coefficient (Wildman–Crippen LogP) is 2.55. The molecule has 3 rings (SSSR count). The van der Waals surface area contributed by atoms with Crippen molar-refractivity contribution in [2.75, 3.05) is 37.4 Å². The lowest BCUT2D eigenvalue weighted by Crippen LogP contribution is -2.43. The van der Waals surface area contributed by atoms with Crippen LogP contribution in [0, 0.1) is 0 Å². The Kier molecular flexibility index (Phi) is 7.73. The van der Waals surface area contributed by atoms with Gasteiger partial charge in [0.15, 0.2) is 11.5 Å². The molecule has 2 aromatic carbocycles. The Balaban J connectivity index is 1.58. The van der Waals surface area contributed by atoms with Gasteiger partial charge in [0.1, 0.15) is 0 Å². The van der Waals surface area contributed by atoms with Gasteiger partial charge in [-0.3, -0.25) is 14.5 Å². The van der Waals surface area contributed by atoms with Gasteiger partial charge in [0.2, 0.25) is 11.8 Å². The monoisotopic (exact) mass is 455 g/mol. The molecule has 1 aromatic heterocycles. The molecule has 10 heteroatoms. The first-order valence-corrected chi connectivity index (χ1v) is 10.7. The number of aromatic nitrogens is 2. The lowest BCUT2D eigenvalue weighted by Gasteiger charge is -2.23. The molecule has 10 nitrogen and oxygen atoms in total. The van der Waals surface area contributed by atoms with Crippen molar-refractivity contribution in [2.24, 2.45) is 0 Å². The average molecular weight is 456 g/mol. The van der Waals surface area contributed by atoms with Crippen molar-refractivity contribution in [2.45, 2.75) is 26.8 Å². The molecule has 0 bridgehead atoms. The summed E-state index contributed by atoms with van der Waals surface area (Å²) in [6.45, 7) is 6.46. The van der Waals surface area contributed by atoms with E-state index in [0.29, 0.717) is 47.1 Å². The van der Waals surface area contributed by atoms with Gasteiger partial charge in [-0.05, 0) is 58.2 Å². The van der Waals surface area contributed by atoms with E-state index in [1.54, 1.807) is 55.3 Å². The first-order chi connectivity index (χ1) is 15.8. The minimum atomic E-state index is -0.573. The number of nitrogens with one attached hydrogen (secondary N) is 4. The summed E-state index contributed by atoms with van der Waals surface area (Å²) in [6, 6.07) is 9.71. The Bertz CT molecular complexity index is 1190. The number of H-pyrrole nitrogens is 2. The Morgan fingerprint density at radius 2 is 1.58 bits per heavy atom. The maximum Gasteiger partial charge on any atom is 0.323 e. The van der Waals surface area contributed by atoms with Crippen molar-refractivity contribution in [3.05, 3.63) is 46.9 Å². The standard InChI is InChI=1S/C23H29N5O5/c1-5-32-19-10-8-16(12-20(19)33-6-2)24-21(29)13-28(4)14(3)22(30)25-15-7-9-17-18(11-15)27-23(31)26-17/h7-12,14H,5-6,13H2,1-4H3,(H,24,29)(H,25,30)(H2,26,27,31). The summed E-state index contributed by atoms with van der Waals surface area (Å²) in [4.78, 5) is 43.5. The molecule has 0 saturated carbocycles. The molecule has 0 radical (unpaired) electrons. The zero-order valence-electron chi connectivity index (χ0n) is 19.2. The smallest absolute Gasteiger partial charge is 0.323 e. The van der Waals surface area contributed by atoms with E-state index in [-0.39, 0.29) is 24.0 Å². The van der Waals surface area contributed by atoms with Crippen molar-refractivity contribution in [1.82, 2.24) is 14.9 Å². The number of aromatic amines is 2. The van der Waals surface area contributed by atoms with Crippen LogP contribution in [-0.4, -0.2) is 59.5 Å². The second-order valence-electron chi connectivity index (χ2n) is 7.50. The topological polar surface area (TPSA) is 129 Å². The number of hydrogen-bond donors (Lipinski definition) is 4. The van der Waals surface area contributed by atoms with Crippen LogP contribution in [-0.2, 0) is 9.59 Å². The predicted molar refractivity (Wildman–Crippen MR) is 127 cm³/mol. The van der Waals surface area contributed by atoms with Crippen molar-refractivity contribution >= 4 is 34.2 Å². The number of hydrogen-bond acceptors (Lipinski definition) is 6. The van der Waals surface area contributed by atoms with Gasteiger partial charge >= 0.3 is 5.69 Å². The summed E-state index contributed by atoms with van der Waals surface area (Å²) >= 11 is 0. The Morgan fingerprint density at radius 3 is 2.30 bits per heavy atom. The lowest BCUT2D eigenvalue weighted by atomic mass is 10.2. The minimum Gasteiger partial charge on any atom is -0.490 e. The number of benzene rings is 2. The fourth-order valence-corrected chi connectivity index (χ4v) is 3.25. The molecule has 0 aliphatic heterocycles. The Hall–Kier alpha value is -3.79. The van der Waals surface area contributed by atoms with Gasteiger partial charge in [0.05, 0.1) is 36.8 Å². The van der Waals surface area contributed by atoms with Gasteiger partial charge in [0, 0.05) is 17.4 Å².